The van der Waals surface area contributed by atoms with Gasteiger partial charge >= 0.3 is 6.36 Å². The van der Waals surface area contributed by atoms with Gasteiger partial charge in [-0.3, -0.25) is 4.79 Å². The zero-order valence-electron chi connectivity index (χ0n) is 15.8. The monoisotopic (exact) mass is 423 g/mol. The van der Waals surface area contributed by atoms with E-state index in [1.807, 2.05) is 0 Å². The smallest absolute Gasteiger partial charge is 0.405 e. The molecule has 1 amide bonds. The molecule has 0 saturated heterocycles. The highest BCUT2D eigenvalue weighted by Gasteiger charge is 2.32. The highest BCUT2D eigenvalue weighted by atomic mass is 32.1. The van der Waals surface area contributed by atoms with Gasteiger partial charge in [-0.05, 0) is 37.9 Å². The molecular formula is C20H20F3N3O2S. The van der Waals surface area contributed by atoms with Crippen molar-refractivity contribution in [1.82, 2.24) is 4.90 Å². The van der Waals surface area contributed by atoms with E-state index in [4.69, 9.17) is 0 Å². The van der Waals surface area contributed by atoms with E-state index in [9.17, 15) is 23.2 Å². The van der Waals surface area contributed by atoms with Gasteiger partial charge in [0.25, 0.3) is 0 Å². The second-order valence-corrected chi connectivity index (χ2v) is 7.97. The fourth-order valence-corrected chi connectivity index (χ4v) is 4.58. The van der Waals surface area contributed by atoms with Crippen molar-refractivity contribution < 1.29 is 22.7 Å². The van der Waals surface area contributed by atoms with Gasteiger partial charge in [0.2, 0.25) is 5.91 Å². The van der Waals surface area contributed by atoms with E-state index in [1.54, 1.807) is 24.1 Å². The maximum Gasteiger partial charge on any atom is 0.573 e. The molecule has 154 valence electrons. The van der Waals surface area contributed by atoms with Crippen molar-refractivity contribution in [3.63, 3.8) is 0 Å². The lowest BCUT2D eigenvalue weighted by atomic mass is 10.1. The molecule has 1 N–H and O–H groups in total. The second-order valence-electron chi connectivity index (χ2n) is 6.86. The lowest BCUT2D eigenvalue weighted by molar-refractivity contribution is -0.275. The number of amides is 1. The number of thiophene rings is 1. The van der Waals surface area contributed by atoms with E-state index in [0.29, 0.717) is 22.7 Å². The van der Waals surface area contributed by atoms with Gasteiger partial charge in [-0.1, -0.05) is 18.2 Å². The van der Waals surface area contributed by atoms with Crippen LogP contribution in [0.25, 0.3) is 0 Å². The number of benzene rings is 1. The third kappa shape index (κ3) is 5.49. The van der Waals surface area contributed by atoms with Gasteiger partial charge in [0, 0.05) is 30.0 Å². The van der Waals surface area contributed by atoms with Gasteiger partial charge in [0.05, 0.1) is 5.56 Å². The molecule has 0 saturated carbocycles. The summed E-state index contributed by atoms with van der Waals surface area (Å²) >= 11 is 1.45. The number of ether oxygens (including phenoxy) is 1. The summed E-state index contributed by atoms with van der Waals surface area (Å²) in [6.07, 6.45) is -1.76. The molecule has 0 fully saturated rings. The standard InChI is InChI=1S/C20H20F3N3O2S/c1-26(12-13-5-2-3-7-16(13)28-20(21,22)23)10-9-18(27)25-19-15(11-24)14-6-4-8-17(14)29-19/h2-3,5,7H,4,6,8-10,12H2,1H3,(H,25,27). The first kappa shape index (κ1) is 21.1. The Morgan fingerprint density at radius 2 is 2.10 bits per heavy atom. The van der Waals surface area contributed by atoms with Crippen molar-refractivity contribution in [2.45, 2.75) is 38.6 Å². The summed E-state index contributed by atoms with van der Waals surface area (Å²) in [5.74, 6) is -0.476. The number of nitrogens with zero attached hydrogens (tertiary/aromatic N) is 2. The van der Waals surface area contributed by atoms with Crippen molar-refractivity contribution >= 4 is 22.2 Å². The number of nitrogens with one attached hydrogen (secondary N) is 1. The highest BCUT2D eigenvalue weighted by molar-refractivity contribution is 7.16. The number of anilines is 1. The van der Waals surface area contributed by atoms with Crippen molar-refractivity contribution in [2.24, 2.45) is 0 Å². The van der Waals surface area contributed by atoms with E-state index in [1.165, 1.54) is 23.5 Å². The second kappa shape index (κ2) is 8.84. The first-order valence-corrected chi connectivity index (χ1v) is 9.95. The molecular weight excluding hydrogens is 403 g/mol. The third-order valence-corrected chi connectivity index (χ3v) is 5.85. The average molecular weight is 423 g/mol. The number of para-hydroxylation sites is 1. The van der Waals surface area contributed by atoms with E-state index in [-0.39, 0.29) is 24.6 Å². The Morgan fingerprint density at radius 3 is 2.83 bits per heavy atom. The van der Waals surface area contributed by atoms with E-state index < -0.39 is 6.36 Å². The van der Waals surface area contributed by atoms with Crippen LogP contribution in [0.1, 0.15) is 34.4 Å². The highest BCUT2D eigenvalue weighted by Crippen LogP contribution is 2.38. The van der Waals surface area contributed by atoms with Crippen molar-refractivity contribution in [1.29, 1.82) is 5.26 Å². The number of nitriles is 1. The molecule has 1 aromatic heterocycles. The van der Waals surface area contributed by atoms with Crippen molar-refractivity contribution in [3.8, 4) is 11.8 Å². The Balaban J connectivity index is 1.55. The summed E-state index contributed by atoms with van der Waals surface area (Å²) in [6, 6.07) is 8.12. The summed E-state index contributed by atoms with van der Waals surface area (Å²) in [5, 5.41) is 12.8. The van der Waals surface area contributed by atoms with Crippen LogP contribution >= 0.6 is 11.3 Å². The fraction of sp³-hybridized carbons (Fsp3) is 0.400. The number of aryl methyl sites for hydroxylation is 1. The molecule has 3 rings (SSSR count). The molecule has 0 unspecified atom stereocenters. The molecule has 29 heavy (non-hydrogen) atoms. The van der Waals surface area contributed by atoms with Gasteiger partial charge in [-0.15, -0.1) is 24.5 Å². The van der Waals surface area contributed by atoms with Crippen LogP contribution in [0.5, 0.6) is 5.75 Å². The minimum absolute atomic E-state index is 0.159. The maximum absolute atomic E-state index is 12.5. The minimum Gasteiger partial charge on any atom is -0.405 e. The Morgan fingerprint density at radius 1 is 1.34 bits per heavy atom. The first-order valence-electron chi connectivity index (χ1n) is 9.13. The fourth-order valence-electron chi connectivity index (χ4n) is 3.32. The molecule has 1 heterocycles. The lowest BCUT2D eigenvalue weighted by Gasteiger charge is -2.19. The quantitative estimate of drug-likeness (QED) is 0.714. The van der Waals surface area contributed by atoms with Crippen LogP contribution in [0.3, 0.4) is 0 Å². The molecule has 0 aliphatic heterocycles. The number of alkyl halides is 3. The Hall–Kier alpha value is -2.57. The molecule has 1 aliphatic carbocycles. The SMILES string of the molecule is CN(CCC(=O)Nc1sc2c(c1C#N)CCC2)Cc1ccccc1OC(F)(F)F. The Kier molecular flexibility index (Phi) is 6.45. The van der Waals surface area contributed by atoms with Crippen LogP contribution in [0.15, 0.2) is 24.3 Å². The predicted octanol–water partition coefficient (Wildman–Crippen LogP) is 4.47. The third-order valence-electron chi connectivity index (χ3n) is 4.65. The van der Waals surface area contributed by atoms with Gasteiger partial charge in [-0.2, -0.15) is 5.26 Å². The first-order chi connectivity index (χ1) is 13.8. The van der Waals surface area contributed by atoms with Crippen LogP contribution in [0.2, 0.25) is 0 Å². The van der Waals surface area contributed by atoms with Crippen molar-refractivity contribution in [2.75, 3.05) is 18.9 Å². The molecule has 2 aromatic rings. The molecule has 5 nitrogen and oxygen atoms in total. The molecule has 0 spiro atoms. The zero-order valence-corrected chi connectivity index (χ0v) is 16.6. The number of carbonyl (C=O) groups is 1. The number of rotatable bonds is 7. The molecule has 9 heteroatoms. The maximum atomic E-state index is 12.5. The number of fused-ring (bicyclic) bond motifs is 1. The van der Waals surface area contributed by atoms with Crippen LogP contribution < -0.4 is 10.1 Å². The van der Waals surface area contributed by atoms with Gasteiger partial charge in [0.1, 0.15) is 16.8 Å². The van der Waals surface area contributed by atoms with Crippen LogP contribution in [0, 0.1) is 11.3 Å². The van der Waals surface area contributed by atoms with E-state index >= 15 is 0 Å². The molecule has 0 atom stereocenters. The normalized spacial score (nSPS) is 13.2. The van der Waals surface area contributed by atoms with Crippen LogP contribution in [-0.4, -0.2) is 30.8 Å². The Bertz CT molecular complexity index is 934. The van der Waals surface area contributed by atoms with Crippen molar-refractivity contribution in [3.05, 3.63) is 45.8 Å². The predicted molar refractivity (Wildman–Crippen MR) is 104 cm³/mol. The van der Waals surface area contributed by atoms with Crippen LogP contribution in [0.4, 0.5) is 18.2 Å². The summed E-state index contributed by atoms with van der Waals surface area (Å²) in [5.41, 5.74) is 1.99. The number of carbonyl (C=O) groups excluding carboxylic acids is 1. The largest absolute Gasteiger partial charge is 0.573 e. The molecule has 1 aromatic carbocycles. The van der Waals surface area contributed by atoms with E-state index in [2.05, 4.69) is 16.1 Å². The van der Waals surface area contributed by atoms with E-state index in [0.717, 1.165) is 29.7 Å². The summed E-state index contributed by atoms with van der Waals surface area (Å²) in [6.45, 7) is 0.551. The van der Waals surface area contributed by atoms with Gasteiger partial charge < -0.3 is 15.0 Å². The number of halogens is 3. The summed E-state index contributed by atoms with van der Waals surface area (Å²) < 4.78 is 41.7. The van der Waals surface area contributed by atoms with Crippen LogP contribution in [-0.2, 0) is 24.2 Å². The summed E-state index contributed by atoms with van der Waals surface area (Å²) in [7, 11) is 1.72. The lowest BCUT2D eigenvalue weighted by Crippen LogP contribution is -2.25. The van der Waals surface area contributed by atoms with Gasteiger partial charge in [-0.25, -0.2) is 0 Å². The summed E-state index contributed by atoms with van der Waals surface area (Å²) in [4.78, 5) is 15.2. The number of hydrogen-bond donors (Lipinski definition) is 1. The van der Waals surface area contributed by atoms with Gasteiger partial charge in [0.15, 0.2) is 0 Å². The molecule has 0 radical (unpaired) electrons. The molecule has 1 aliphatic rings. The Labute approximate surface area is 170 Å². The topological polar surface area (TPSA) is 65.4 Å². The zero-order chi connectivity index (χ0) is 21.0. The minimum atomic E-state index is -4.76. The molecule has 0 bridgehead atoms. The average Bonchev–Trinajstić information content (AvgIpc) is 3.21. The number of hydrogen-bond acceptors (Lipinski definition) is 5.